The lowest BCUT2D eigenvalue weighted by atomic mass is 9.87. The van der Waals surface area contributed by atoms with Crippen LogP contribution in [0.4, 0.5) is 0 Å². The number of carbonyl (C=O) groups excluding carboxylic acids is 1. The van der Waals surface area contributed by atoms with Crippen molar-refractivity contribution in [3.8, 4) is 0 Å². The van der Waals surface area contributed by atoms with Crippen LogP contribution in [-0.4, -0.2) is 43.5 Å². The normalized spacial score (nSPS) is 20.8. The minimum Gasteiger partial charge on any atom is -0.360 e. The second-order valence-corrected chi connectivity index (χ2v) is 8.86. The van der Waals surface area contributed by atoms with Crippen LogP contribution in [0.25, 0.3) is 0 Å². The van der Waals surface area contributed by atoms with Gasteiger partial charge in [0.15, 0.2) is 5.76 Å². The number of nitrogens with zero attached hydrogens (tertiary/aromatic N) is 2. The predicted molar refractivity (Wildman–Crippen MR) is 92.5 cm³/mol. The van der Waals surface area contributed by atoms with Gasteiger partial charge in [0.25, 0.3) is 0 Å². The van der Waals surface area contributed by atoms with Crippen LogP contribution in [0, 0.1) is 19.8 Å². The summed E-state index contributed by atoms with van der Waals surface area (Å²) in [5.74, 6) is 0.728. The summed E-state index contributed by atoms with van der Waals surface area (Å²) in [6.07, 6.45) is 6.79. The lowest BCUT2D eigenvalue weighted by Crippen LogP contribution is -2.48. The van der Waals surface area contributed by atoms with Gasteiger partial charge in [-0.2, -0.15) is 0 Å². The highest BCUT2D eigenvalue weighted by atomic mass is 32.2. The summed E-state index contributed by atoms with van der Waals surface area (Å²) in [7, 11) is -3.65. The van der Waals surface area contributed by atoms with Crippen LogP contribution in [0.1, 0.15) is 56.4 Å². The van der Waals surface area contributed by atoms with Crippen LogP contribution in [-0.2, 0) is 14.8 Å². The van der Waals surface area contributed by atoms with E-state index in [4.69, 9.17) is 4.52 Å². The van der Waals surface area contributed by atoms with Crippen LogP contribution in [0.2, 0.25) is 0 Å². The summed E-state index contributed by atoms with van der Waals surface area (Å²) in [5.41, 5.74) is 0.370. The van der Waals surface area contributed by atoms with Gasteiger partial charge in [-0.25, -0.2) is 13.1 Å². The fraction of sp³-hybridized carbons (Fsp3) is 0.765. The van der Waals surface area contributed by atoms with Crippen molar-refractivity contribution in [1.82, 2.24) is 14.8 Å². The van der Waals surface area contributed by atoms with Crippen LogP contribution in [0.5, 0.6) is 0 Å². The molecule has 0 spiro atoms. The third-order valence-electron chi connectivity index (χ3n) is 5.32. The Bertz CT molecular complexity index is 695. The number of amides is 1. The van der Waals surface area contributed by atoms with Crippen LogP contribution < -0.4 is 4.72 Å². The first-order valence-corrected chi connectivity index (χ1v) is 10.6. The van der Waals surface area contributed by atoms with Gasteiger partial charge in [-0.15, -0.1) is 0 Å². The van der Waals surface area contributed by atoms with Crippen molar-refractivity contribution in [2.75, 3.05) is 13.1 Å². The zero-order valence-corrected chi connectivity index (χ0v) is 15.8. The Balaban J connectivity index is 1.56. The Labute approximate surface area is 149 Å². The molecule has 1 aromatic heterocycles. The van der Waals surface area contributed by atoms with Gasteiger partial charge in [-0.1, -0.05) is 24.4 Å². The largest absolute Gasteiger partial charge is 0.360 e. The predicted octanol–water partition coefficient (Wildman–Crippen LogP) is 2.14. The molecular formula is C17H27N3O4S. The number of rotatable bonds is 4. The van der Waals surface area contributed by atoms with Crippen LogP contribution in [0.15, 0.2) is 9.42 Å². The molecule has 1 saturated heterocycles. The molecule has 7 nitrogen and oxygen atoms in total. The van der Waals surface area contributed by atoms with E-state index >= 15 is 0 Å². The number of nitrogens with one attached hydrogen (secondary N) is 1. The molecule has 140 valence electrons. The van der Waals surface area contributed by atoms with Crippen molar-refractivity contribution in [2.45, 2.75) is 69.7 Å². The van der Waals surface area contributed by atoms with E-state index in [0.29, 0.717) is 37.4 Å². The molecule has 0 unspecified atom stereocenters. The summed E-state index contributed by atoms with van der Waals surface area (Å²) in [6.45, 7) is 4.45. The van der Waals surface area contributed by atoms with Crippen molar-refractivity contribution >= 4 is 15.9 Å². The van der Waals surface area contributed by atoms with E-state index in [9.17, 15) is 13.2 Å². The molecule has 2 aliphatic rings. The van der Waals surface area contributed by atoms with Gasteiger partial charge in [-0.3, -0.25) is 4.79 Å². The molecule has 0 radical (unpaired) electrons. The smallest absolute Gasteiger partial charge is 0.246 e. The number of piperidine rings is 1. The van der Waals surface area contributed by atoms with E-state index < -0.39 is 10.0 Å². The third kappa shape index (κ3) is 4.06. The van der Waals surface area contributed by atoms with E-state index in [1.807, 2.05) is 4.90 Å². The average Bonchev–Trinajstić information content (AvgIpc) is 2.95. The van der Waals surface area contributed by atoms with E-state index in [0.717, 1.165) is 25.7 Å². The van der Waals surface area contributed by atoms with Crippen molar-refractivity contribution < 1.29 is 17.7 Å². The molecule has 0 aromatic carbocycles. The fourth-order valence-electron chi connectivity index (χ4n) is 3.96. The Hall–Kier alpha value is -1.41. The van der Waals surface area contributed by atoms with Gasteiger partial charge in [0.1, 0.15) is 10.6 Å². The molecule has 1 saturated carbocycles. The molecule has 3 rings (SSSR count). The molecule has 2 heterocycles. The summed E-state index contributed by atoms with van der Waals surface area (Å²) in [6, 6.07) is -0.158. The fourth-order valence-corrected chi connectivity index (χ4v) is 5.60. The molecule has 1 amide bonds. The maximum Gasteiger partial charge on any atom is 0.246 e. The standard InChI is InChI=1S/C17H27N3O4S/c1-12-16(13(2)24-18-12)25(22,23)19-15-8-10-20(11-9-15)17(21)14-6-4-3-5-7-14/h14-15,19H,3-11H2,1-2H3. The lowest BCUT2D eigenvalue weighted by Gasteiger charge is -2.35. The topological polar surface area (TPSA) is 92.5 Å². The van der Waals surface area contributed by atoms with E-state index in [-0.39, 0.29) is 22.8 Å². The second kappa shape index (κ2) is 7.45. The average molecular weight is 369 g/mol. The van der Waals surface area contributed by atoms with Crippen LogP contribution in [0.3, 0.4) is 0 Å². The quantitative estimate of drug-likeness (QED) is 0.878. The summed E-state index contributed by atoms with van der Waals surface area (Å²) < 4.78 is 32.9. The minimum atomic E-state index is -3.65. The highest BCUT2D eigenvalue weighted by Gasteiger charge is 2.32. The molecule has 0 bridgehead atoms. The van der Waals surface area contributed by atoms with Gasteiger partial charge in [0.05, 0.1) is 0 Å². The first-order valence-electron chi connectivity index (χ1n) is 9.12. The maximum absolute atomic E-state index is 12.6. The number of aromatic nitrogens is 1. The second-order valence-electron chi connectivity index (χ2n) is 7.21. The van der Waals surface area contributed by atoms with Gasteiger partial charge < -0.3 is 9.42 Å². The van der Waals surface area contributed by atoms with E-state index in [1.165, 1.54) is 6.42 Å². The SMILES string of the molecule is Cc1noc(C)c1S(=O)(=O)NC1CCN(C(=O)C2CCCCC2)CC1. The highest BCUT2D eigenvalue weighted by molar-refractivity contribution is 7.89. The zero-order valence-electron chi connectivity index (χ0n) is 15.0. The molecule has 1 aliphatic carbocycles. The Morgan fingerprint density at radius 3 is 2.32 bits per heavy atom. The number of likely N-dealkylation sites (tertiary alicyclic amines) is 1. The Morgan fingerprint density at radius 1 is 1.12 bits per heavy atom. The summed E-state index contributed by atoms with van der Waals surface area (Å²) in [4.78, 5) is 14.6. The molecule has 1 aliphatic heterocycles. The van der Waals surface area contributed by atoms with Crippen molar-refractivity contribution in [2.24, 2.45) is 5.92 Å². The number of aryl methyl sites for hydroxylation is 2. The van der Waals surface area contributed by atoms with Crippen LogP contribution >= 0.6 is 0 Å². The molecule has 25 heavy (non-hydrogen) atoms. The summed E-state index contributed by atoms with van der Waals surface area (Å²) in [5, 5.41) is 3.72. The Morgan fingerprint density at radius 2 is 1.76 bits per heavy atom. The zero-order chi connectivity index (χ0) is 18.0. The third-order valence-corrected chi connectivity index (χ3v) is 7.08. The number of sulfonamides is 1. The number of carbonyl (C=O) groups is 1. The number of hydrogen-bond acceptors (Lipinski definition) is 5. The molecule has 1 N–H and O–H groups in total. The van der Waals surface area contributed by atoms with Gasteiger partial charge in [-0.05, 0) is 39.5 Å². The molecular weight excluding hydrogens is 342 g/mol. The van der Waals surface area contributed by atoms with Crippen molar-refractivity contribution in [3.63, 3.8) is 0 Å². The first-order chi connectivity index (χ1) is 11.9. The molecule has 2 fully saturated rings. The molecule has 8 heteroatoms. The van der Waals surface area contributed by atoms with Gasteiger partial charge >= 0.3 is 0 Å². The molecule has 0 atom stereocenters. The van der Waals surface area contributed by atoms with Crippen molar-refractivity contribution in [3.05, 3.63) is 11.5 Å². The minimum absolute atomic E-state index is 0.133. The lowest BCUT2D eigenvalue weighted by molar-refractivity contribution is -0.137. The first kappa shape index (κ1) is 18.4. The molecule has 1 aromatic rings. The van der Waals surface area contributed by atoms with Crippen molar-refractivity contribution in [1.29, 1.82) is 0 Å². The highest BCUT2D eigenvalue weighted by Crippen LogP contribution is 2.27. The van der Waals surface area contributed by atoms with Gasteiger partial charge in [0.2, 0.25) is 15.9 Å². The number of hydrogen-bond donors (Lipinski definition) is 1. The monoisotopic (exact) mass is 369 g/mol. The van der Waals surface area contributed by atoms with E-state index in [1.54, 1.807) is 13.8 Å². The maximum atomic E-state index is 12.6. The van der Waals surface area contributed by atoms with E-state index in [2.05, 4.69) is 9.88 Å². The summed E-state index contributed by atoms with van der Waals surface area (Å²) >= 11 is 0. The Kier molecular flexibility index (Phi) is 5.48. The van der Waals surface area contributed by atoms with Gasteiger partial charge in [0, 0.05) is 25.0 Å².